The highest BCUT2D eigenvalue weighted by molar-refractivity contribution is 5.94. The quantitative estimate of drug-likeness (QED) is 0.121. The summed E-state index contributed by atoms with van der Waals surface area (Å²) in [6.45, 7) is 4.23. The molecule has 3 amide bonds. The summed E-state index contributed by atoms with van der Waals surface area (Å²) in [5.74, 6) is -2.86. The van der Waals surface area contributed by atoms with Crippen LogP contribution in [0.25, 0.3) is 0 Å². The van der Waals surface area contributed by atoms with Crippen molar-refractivity contribution in [3.05, 3.63) is 48.0 Å². The van der Waals surface area contributed by atoms with Gasteiger partial charge in [-0.25, -0.2) is 9.78 Å². The summed E-state index contributed by atoms with van der Waals surface area (Å²) in [6, 6.07) is 1.91. The number of unbranched alkanes of at least 4 members (excludes halogenated alkanes) is 1. The molecule has 0 saturated heterocycles. The third-order valence-electron chi connectivity index (χ3n) is 6.24. The molecule has 0 aliphatic heterocycles. The summed E-state index contributed by atoms with van der Waals surface area (Å²) >= 11 is 0. The predicted molar refractivity (Wildman–Crippen MR) is 148 cm³/mol. The Morgan fingerprint density at radius 2 is 1.55 bits per heavy atom. The van der Waals surface area contributed by atoms with Crippen LogP contribution in [0.2, 0.25) is 0 Å². The zero-order chi connectivity index (χ0) is 29.7. The Morgan fingerprint density at radius 1 is 0.925 bits per heavy atom. The zero-order valence-corrected chi connectivity index (χ0v) is 22.9. The number of carboxylic acid groups (broad SMARTS) is 1. The molecule has 2 aromatic rings. The van der Waals surface area contributed by atoms with E-state index in [1.807, 2.05) is 13.8 Å². The molecular formula is C27H41N7O6. The van der Waals surface area contributed by atoms with Gasteiger partial charge in [-0.3, -0.25) is 14.4 Å². The van der Waals surface area contributed by atoms with Crippen molar-refractivity contribution in [3.63, 3.8) is 0 Å². The van der Waals surface area contributed by atoms with Gasteiger partial charge < -0.3 is 42.6 Å². The maximum Gasteiger partial charge on any atom is 0.326 e. The lowest BCUT2D eigenvalue weighted by molar-refractivity contribution is -0.142. The highest BCUT2D eigenvalue weighted by Gasteiger charge is 2.30. The summed E-state index contributed by atoms with van der Waals surface area (Å²) in [5.41, 5.74) is 12.8. The first-order valence-corrected chi connectivity index (χ1v) is 13.3. The number of benzene rings is 1. The third-order valence-corrected chi connectivity index (χ3v) is 6.24. The average Bonchev–Trinajstić information content (AvgIpc) is 3.41. The number of hydrogen-bond acceptors (Lipinski definition) is 8. The fraction of sp³-hybridized carbons (Fsp3) is 0.519. The van der Waals surface area contributed by atoms with E-state index in [9.17, 15) is 29.4 Å². The third kappa shape index (κ3) is 11.0. The molecule has 1 heterocycles. The van der Waals surface area contributed by atoms with Gasteiger partial charge in [0.25, 0.3) is 0 Å². The summed E-state index contributed by atoms with van der Waals surface area (Å²) in [4.78, 5) is 58.0. The van der Waals surface area contributed by atoms with Gasteiger partial charge in [-0.2, -0.15) is 0 Å². The Labute approximate surface area is 233 Å². The van der Waals surface area contributed by atoms with Gasteiger partial charge in [0.05, 0.1) is 12.4 Å². The molecule has 0 aliphatic carbocycles. The molecule has 4 unspecified atom stereocenters. The van der Waals surface area contributed by atoms with Crippen LogP contribution in [0.1, 0.15) is 50.8 Å². The van der Waals surface area contributed by atoms with Crippen LogP contribution in [-0.2, 0) is 32.0 Å². The second-order valence-electron chi connectivity index (χ2n) is 10.2. The number of carbonyl (C=O) groups is 4. The Morgan fingerprint density at radius 3 is 2.12 bits per heavy atom. The molecule has 0 bridgehead atoms. The first kappa shape index (κ1) is 32.2. The number of rotatable bonds is 17. The molecule has 0 saturated carbocycles. The molecule has 13 nitrogen and oxygen atoms in total. The normalized spacial score (nSPS) is 14.1. The molecule has 4 atom stereocenters. The van der Waals surface area contributed by atoms with Crippen molar-refractivity contribution in [1.29, 1.82) is 0 Å². The smallest absolute Gasteiger partial charge is 0.326 e. The van der Waals surface area contributed by atoms with Crippen LogP contribution in [0, 0.1) is 5.92 Å². The highest BCUT2D eigenvalue weighted by atomic mass is 16.4. The number of aromatic hydroxyl groups is 1. The van der Waals surface area contributed by atoms with Gasteiger partial charge in [0.2, 0.25) is 17.7 Å². The number of nitrogens with one attached hydrogen (secondary N) is 4. The number of aromatic nitrogens is 2. The van der Waals surface area contributed by atoms with E-state index >= 15 is 0 Å². The first-order chi connectivity index (χ1) is 19.0. The topological polar surface area (TPSA) is 226 Å². The predicted octanol–water partition coefficient (Wildman–Crippen LogP) is -0.0581. The number of aromatic amines is 1. The van der Waals surface area contributed by atoms with Crippen LogP contribution in [-0.4, -0.2) is 74.6 Å². The monoisotopic (exact) mass is 559 g/mol. The number of phenols is 1. The van der Waals surface area contributed by atoms with Gasteiger partial charge in [-0.15, -0.1) is 0 Å². The standard InChI is InChI=1S/C27H41N7O6/c1-16(2)11-20(29)24(36)33-22(12-17-6-8-19(35)9-7-17)26(38)32-21(5-3-4-10-28)25(37)34-23(27(39)40)13-18-14-30-15-31-18/h6-9,14-16,20-23,35H,3-5,10-13,28-29H2,1-2H3,(H,30,31)(H,32,38)(H,33,36)(H,34,37)(H,39,40). The fourth-order valence-electron chi connectivity index (χ4n) is 4.09. The van der Waals surface area contributed by atoms with Gasteiger partial charge >= 0.3 is 5.97 Å². The van der Waals surface area contributed by atoms with Crippen molar-refractivity contribution in [1.82, 2.24) is 25.9 Å². The van der Waals surface area contributed by atoms with Gasteiger partial charge in [-0.05, 0) is 55.8 Å². The minimum atomic E-state index is -1.26. The van der Waals surface area contributed by atoms with E-state index in [-0.39, 0.29) is 30.9 Å². The number of H-pyrrole nitrogens is 1. The van der Waals surface area contributed by atoms with E-state index in [1.165, 1.54) is 24.7 Å². The minimum Gasteiger partial charge on any atom is -0.508 e. The average molecular weight is 560 g/mol. The zero-order valence-electron chi connectivity index (χ0n) is 22.9. The molecule has 0 aliphatic rings. The molecule has 1 aromatic carbocycles. The Balaban J connectivity index is 2.22. The molecule has 0 fully saturated rings. The number of hydrogen-bond donors (Lipinski definition) is 8. The maximum absolute atomic E-state index is 13.5. The van der Waals surface area contributed by atoms with E-state index in [2.05, 4.69) is 25.9 Å². The molecular weight excluding hydrogens is 518 g/mol. The molecule has 220 valence electrons. The van der Waals surface area contributed by atoms with Crippen molar-refractivity contribution in [2.45, 2.75) is 76.5 Å². The number of amides is 3. The van der Waals surface area contributed by atoms with Crippen molar-refractivity contribution in [2.24, 2.45) is 17.4 Å². The number of carboxylic acids is 1. The second-order valence-corrected chi connectivity index (χ2v) is 10.2. The van der Waals surface area contributed by atoms with E-state index in [4.69, 9.17) is 11.5 Å². The van der Waals surface area contributed by atoms with Gasteiger partial charge in [0.15, 0.2) is 0 Å². The van der Waals surface area contributed by atoms with Crippen molar-refractivity contribution >= 4 is 23.7 Å². The Kier molecular flexibility index (Phi) is 13.1. The summed E-state index contributed by atoms with van der Waals surface area (Å²) in [6.07, 6.45) is 4.62. The number of nitrogens with two attached hydrogens (primary N) is 2. The summed E-state index contributed by atoms with van der Waals surface area (Å²) in [7, 11) is 0. The Hall–Kier alpha value is -3.97. The lowest BCUT2D eigenvalue weighted by Gasteiger charge is -2.25. The SMILES string of the molecule is CC(C)CC(N)C(=O)NC(Cc1ccc(O)cc1)C(=O)NC(CCCCN)C(=O)NC(Cc1cnc[nH]1)C(=O)O. The van der Waals surface area contributed by atoms with Crippen molar-refractivity contribution in [3.8, 4) is 5.75 Å². The molecule has 2 rings (SSSR count). The van der Waals surface area contributed by atoms with E-state index in [0.29, 0.717) is 37.1 Å². The lowest BCUT2D eigenvalue weighted by Crippen LogP contribution is -2.57. The fourth-order valence-corrected chi connectivity index (χ4v) is 4.09. The van der Waals surface area contributed by atoms with Gasteiger partial charge in [0.1, 0.15) is 23.9 Å². The van der Waals surface area contributed by atoms with Crippen molar-refractivity contribution in [2.75, 3.05) is 6.54 Å². The number of nitrogens with zero attached hydrogens (tertiary/aromatic N) is 1. The van der Waals surface area contributed by atoms with Gasteiger partial charge in [0, 0.05) is 24.7 Å². The van der Waals surface area contributed by atoms with Crippen molar-refractivity contribution < 1.29 is 29.4 Å². The van der Waals surface area contributed by atoms with Gasteiger partial charge in [-0.1, -0.05) is 26.0 Å². The van der Waals surface area contributed by atoms with Crippen LogP contribution in [0.4, 0.5) is 0 Å². The summed E-state index contributed by atoms with van der Waals surface area (Å²) < 4.78 is 0. The van der Waals surface area contributed by atoms with Crippen LogP contribution >= 0.6 is 0 Å². The van der Waals surface area contributed by atoms with E-state index in [1.54, 1.807) is 12.1 Å². The highest BCUT2D eigenvalue weighted by Crippen LogP contribution is 2.13. The molecule has 1 aromatic heterocycles. The van der Waals surface area contributed by atoms with Crippen LogP contribution in [0.15, 0.2) is 36.8 Å². The minimum absolute atomic E-state index is 0.0299. The second kappa shape index (κ2) is 16.2. The number of imidazole rings is 1. The van der Waals surface area contributed by atoms with E-state index in [0.717, 1.165) is 0 Å². The van der Waals surface area contributed by atoms with Crippen LogP contribution in [0.5, 0.6) is 5.75 Å². The van der Waals surface area contributed by atoms with E-state index < -0.39 is 47.9 Å². The molecule has 40 heavy (non-hydrogen) atoms. The van der Waals surface area contributed by atoms with Crippen LogP contribution in [0.3, 0.4) is 0 Å². The number of aliphatic carboxylic acids is 1. The number of carbonyl (C=O) groups excluding carboxylic acids is 3. The number of phenolic OH excluding ortho intramolecular Hbond substituents is 1. The summed E-state index contributed by atoms with van der Waals surface area (Å²) in [5, 5.41) is 27.1. The largest absolute Gasteiger partial charge is 0.508 e. The molecule has 13 heteroatoms. The maximum atomic E-state index is 13.5. The molecule has 10 N–H and O–H groups in total. The molecule has 0 spiro atoms. The van der Waals surface area contributed by atoms with Crippen LogP contribution < -0.4 is 27.4 Å². The Bertz CT molecular complexity index is 1090. The molecule has 0 radical (unpaired) electrons. The lowest BCUT2D eigenvalue weighted by atomic mass is 10.0. The first-order valence-electron chi connectivity index (χ1n) is 13.3.